The molecule has 3 aliphatic rings. The summed E-state index contributed by atoms with van der Waals surface area (Å²) >= 11 is 0. The van der Waals surface area contributed by atoms with Crippen LogP contribution >= 0.6 is 0 Å². The van der Waals surface area contributed by atoms with Crippen molar-refractivity contribution in [3.63, 3.8) is 0 Å². The smallest absolute Gasteiger partial charge is 0.381 e. The van der Waals surface area contributed by atoms with Crippen LogP contribution in [0.2, 0.25) is 0 Å². The summed E-state index contributed by atoms with van der Waals surface area (Å²) in [5.74, 6) is 0. The maximum Gasteiger partial charge on any atom is 0.416 e. The molecule has 3 fully saturated rings. The van der Waals surface area contributed by atoms with Crippen LogP contribution in [0.15, 0.2) is 24.3 Å². The number of nitrogens with one attached hydrogen (secondary N) is 3. The van der Waals surface area contributed by atoms with Crippen molar-refractivity contribution < 1.29 is 22.3 Å². The normalized spacial score (nSPS) is 32.3. The third-order valence-corrected chi connectivity index (χ3v) is 6.98. The van der Waals surface area contributed by atoms with Crippen LogP contribution in [0.5, 0.6) is 0 Å². The quantitative estimate of drug-likeness (QED) is 0.608. The van der Waals surface area contributed by atoms with Crippen molar-refractivity contribution >= 4 is 0 Å². The van der Waals surface area contributed by atoms with E-state index < -0.39 is 30.2 Å². The summed E-state index contributed by atoms with van der Waals surface area (Å²) in [6, 6.07) is 5.20. The van der Waals surface area contributed by atoms with Gasteiger partial charge >= 0.3 is 6.18 Å². The maximum atomic E-state index is 15.6. The van der Waals surface area contributed by atoms with Crippen LogP contribution in [-0.4, -0.2) is 56.4 Å². The van der Waals surface area contributed by atoms with E-state index in [-0.39, 0.29) is 11.5 Å². The zero-order chi connectivity index (χ0) is 22.1. The average molecular weight is 445 g/mol. The fourth-order valence-corrected chi connectivity index (χ4v) is 4.94. The predicted octanol–water partition coefficient (Wildman–Crippen LogP) is 3.39. The number of benzene rings is 1. The van der Waals surface area contributed by atoms with Crippen LogP contribution in [0.1, 0.15) is 49.8 Å². The van der Waals surface area contributed by atoms with Gasteiger partial charge in [-0.3, -0.25) is 20.9 Å². The maximum absolute atomic E-state index is 15.6. The van der Waals surface area contributed by atoms with Crippen molar-refractivity contribution in [2.24, 2.45) is 5.41 Å². The lowest BCUT2D eigenvalue weighted by Crippen LogP contribution is -2.68. The molecule has 3 aliphatic heterocycles. The van der Waals surface area contributed by atoms with Gasteiger partial charge in [0.1, 0.15) is 0 Å². The van der Waals surface area contributed by atoms with E-state index in [9.17, 15) is 13.2 Å². The van der Waals surface area contributed by atoms with Crippen molar-refractivity contribution in [1.82, 2.24) is 20.9 Å². The minimum atomic E-state index is -4.35. The number of alkyl halides is 4. The first-order chi connectivity index (χ1) is 14.8. The lowest BCUT2D eigenvalue weighted by molar-refractivity contribution is -0.137. The third-order valence-electron chi connectivity index (χ3n) is 6.98. The Hall–Kier alpha value is -1.26. The van der Waals surface area contributed by atoms with E-state index in [1.54, 1.807) is 0 Å². The highest BCUT2D eigenvalue weighted by Gasteiger charge is 2.42. The Bertz CT molecular complexity index is 723. The number of hydrogen-bond acceptors (Lipinski definition) is 5. The highest BCUT2D eigenvalue weighted by atomic mass is 19.4. The molecule has 1 aromatic rings. The molecule has 31 heavy (non-hydrogen) atoms. The van der Waals surface area contributed by atoms with Gasteiger partial charge in [0.15, 0.2) is 6.17 Å². The van der Waals surface area contributed by atoms with Crippen molar-refractivity contribution in [2.45, 2.75) is 63.3 Å². The fourth-order valence-electron chi connectivity index (χ4n) is 4.94. The molecule has 5 nitrogen and oxygen atoms in total. The number of likely N-dealkylation sites (tertiary alicyclic amines) is 1. The second kappa shape index (κ2) is 9.31. The van der Waals surface area contributed by atoms with Gasteiger partial charge in [-0.1, -0.05) is 19.1 Å². The molecule has 0 amide bonds. The highest BCUT2D eigenvalue weighted by Crippen LogP contribution is 2.37. The summed E-state index contributed by atoms with van der Waals surface area (Å²) in [7, 11) is 0. The molecule has 1 aromatic carbocycles. The fraction of sp³-hybridized carbons (Fsp3) is 0.727. The van der Waals surface area contributed by atoms with E-state index in [0.717, 1.165) is 56.6 Å². The number of halogens is 4. The van der Waals surface area contributed by atoms with E-state index in [4.69, 9.17) is 4.74 Å². The molecular weight excluding hydrogens is 412 g/mol. The Balaban J connectivity index is 1.41. The molecule has 3 saturated heterocycles. The Morgan fingerprint density at radius 1 is 1.16 bits per heavy atom. The number of hydrogen-bond donors (Lipinski definition) is 3. The first kappa shape index (κ1) is 22.9. The molecule has 4 rings (SSSR count). The van der Waals surface area contributed by atoms with Crippen LogP contribution < -0.4 is 16.0 Å². The van der Waals surface area contributed by atoms with Gasteiger partial charge in [-0.05, 0) is 48.8 Å². The van der Waals surface area contributed by atoms with E-state index in [2.05, 4.69) is 27.8 Å². The van der Waals surface area contributed by atoms with Gasteiger partial charge in [-0.25, -0.2) is 4.39 Å². The van der Waals surface area contributed by atoms with E-state index in [0.29, 0.717) is 19.8 Å². The molecule has 174 valence electrons. The van der Waals surface area contributed by atoms with Gasteiger partial charge in [-0.15, -0.1) is 0 Å². The van der Waals surface area contributed by atoms with Gasteiger partial charge < -0.3 is 4.74 Å². The highest BCUT2D eigenvalue weighted by molar-refractivity contribution is 5.27. The molecule has 3 N–H and O–H groups in total. The van der Waals surface area contributed by atoms with Gasteiger partial charge in [0, 0.05) is 39.0 Å². The number of ether oxygens (including phenoxy) is 1. The standard InChI is InChI=1S/C22H32F4N4O/c1-21(8-11-31-12-9-21)13-27-19-18(23)20(29-14-28-19)30-10-2-3-17(30)15-4-6-16(7-5-15)22(24,25)26/h4-7,17-20,27-29H,2-3,8-14H2,1H3/t17-,18?,19?,20?/m1/s1. The van der Waals surface area contributed by atoms with Gasteiger partial charge in [0.2, 0.25) is 0 Å². The number of rotatable bonds is 5. The summed E-state index contributed by atoms with van der Waals surface area (Å²) < 4.78 is 59.7. The van der Waals surface area contributed by atoms with Crippen LogP contribution in [-0.2, 0) is 10.9 Å². The van der Waals surface area contributed by atoms with Crippen LogP contribution in [0.4, 0.5) is 17.6 Å². The van der Waals surface area contributed by atoms with Gasteiger partial charge in [0.05, 0.1) is 17.9 Å². The molecule has 4 atom stereocenters. The van der Waals surface area contributed by atoms with Crippen LogP contribution in [0.25, 0.3) is 0 Å². The predicted molar refractivity (Wildman–Crippen MR) is 110 cm³/mol. The molecule has 0 aliphatic carbocycles. The Kier molecular flexibility index (Phi) is 6.88. The number of nitrogens with zero attached hydrogens (tertiary/aromatic N) is 1. The summed E-state index contributed by atoms with van der Waals surface area (Å²) in [6.07, 6.45) is -2.90. The summed E-state index contributed by atoms with van der Waals surface area (Å²) in [5, 5.41) is 9.78. The van der Waals surface area contributed by atoms with Crippen LogP contribution in [0.3, 0.4) is 0 Å². The Morgan fingerprint density at radius 3 is 2.55 bits per heavy atom. The van der Waals surface area contributed by atoms with Crippen molar-refractivity contribution in [2.75, 3.05) is 33.0 Å². The van der Waals surface area contributed by atoms with E-state index >= 15 is 4.39 Å². The van der Waals surface area contributed by atoms with E-state index in [1.165, 1.54) is 12.1 Å². The van der Waals surface area contributed by atoms with E-state index in [1.807, 2.05) is 0 Å². The van der Waals surface area contributed by atoms with Gasteiger partial charge in [-0.2, -0.15) is 13.2 Å². The molecule has 0 saturated carbocycles. The Morgan fingerprint density at radius 2 is 1.87 bits per heavy atom. The second-order valence-electron chi connectivity index (χ2n) is 9.27. The van der Waals surface area contributed by atoms with Crippen molar-refractivity contribution in [1.29, 1.82) is 0 Å². The first-order valence-electron chi connectivity index (χ1n) is 11.1. The first-order valence-corrected chi connectivity index (χ1v) is 11.1. The average Bonchev–Trinajstić information content (AvgIpc) is 3.23. The molecular formula is C22H32F4N4O. The molecule has 0 spiro atoms. The zero-order valence-corrected chi connectivity index (χ0v) is 17.9. The SMILES string of the molecule is CC1(CNC2NCNC(N3CCC[C@@H]3c3ccc(C(F)(F)F)cc3)C2F)CCOCC1. The van der Waals surface area contributed by atoms with Crippen molar-refractivity contribution in [3.8, 4) is 0 Å². The molecule has 9 heteroatoms. The summed E-state index contributed by atoms with van der Waals surface area (Å²) in [5.41, 5.74) is 0.239. The topological polar surface area (TPSA) is 48.6 Å². The summed E-state index contributed by atoms with van der Waals surface area (Å²) in [4.78, 5) is 2.07. The molecule has 0 bridgehead atoms. The lowest BCUT2D eigenvalue weighted by atomic mass is 9.82. The monoisotopic (exact) mass is 444 g/mol. The molecule has 0 aromatic heterocycles. The second-order valence-corrected chi connectivity index (χ2v) is 9.27. The summed E-state index contributed by atoms with van der Waals surface area (Å²) in [6.45, 7) is 5.58. The lowest BCUT2D eigenvalue weighted by Gasteiger charge is -2.43. The molecule has 3 unspecified atom stereocenters. The third kappa shape index (κ3) is 5.22. The minimum absolute atomic E-state index is 0.0928. The van der Waals surface area contributed by atoms with Gasteiger partial charge in [0.25, 0.3) is 0 Å². The molecule has 3 heterocycles. The molecule has 0 radical (unpaired) electrons. The Labute approximate surface area is 180 Å². The largest absolute Gasteiger partial charge is 0.416 e. The van der Waals surface area contributed by atoms with Crippen molar-refractivity contribution in [3.05, 3.63) is 35.4 Å². The van der Waals surface area contributed by atoms with Crippen LogP contribution in [0, 0.1) is 5.41 Å². The zero-order valence-electron chi connectivity index (χ0n) is 17.9. The minimum Gasteiger partial charge on any atom is -0.381 e.